The first-order valence-electron chi connectivity index (χ1n) is 7.37. The zero-order valence-electron chi connectivity index (χ0n) is 12.8. The van der Waals surface area contributed by atoms with Gasteiger partial charge < -0.3 is 15.4 Å². The summed E-state index contributed by atoms with van der Waals surface area (Å²) < 4.78 is 6.69. The number of carbonyl (C=O) groups is 1. The van der Waals surface area contributed by atoms with Crippen molar-refractivity contribution < 1.29 is 9.53 Å². The fourth-order valence-corrected chi connectivity index (χ4v) is 3.30. The van der Waals surface area contributed by atoms with Crippen LogP contribution in [-0.2, 0) is 4.79 Å². The SMILES string of the molecule is Cc1ccc(O[C@H](C)C(=O)N2CC[C@H](N)C[C@H]2C)c(Br)c1. The van der Waals surface area contributed by atoms with Gasteiger partial charge in [-0.3, -0.25) is 4.79 Å². The molecule has 1 amide bonds. The van der Waals surface area contributed by atoms with E-state index < -0.39 is 6.10 Å². The predicted octanol–water partition coefficient (Wildman–Crippen LogP) is 2.86. The summed E-state index contributed by atoms with van der Waals surface area (Å²) >= 11 is 3.47. The van der Waals surface area contributed by atoms with Gasteiger partial charge in [0.05, 0.1) is 4.47 Å². The number of aryl methyl sites for hydroxylation is 1. The lowest BCUT2D eigenvalue weighted by Crippen LogP contribution is -2.51. The molecule has 0 unspecified atom stereocenters. The highest BCUT2D eigenvalue weighted by atomic mass is 79.9. The minimum Gasteiger partial charge on any atom is -0.480 e. The van der Waals surface area contributed by atoms with Crippen LogP contribution in [0.25, 0.3) is 0 Å². The van der Waals surface area contributed by atoms with Crippen LogP contribution in [0.5, 0.6) is 5.75 Å². The molecule has 0 saturated carbocycles. The Labute approximate surface area is 134 Å². The molecule has 0 aliphatic carbocycles. The average molecular weight is 355 g/mol. The van der Waals surface area contributed by atoms with Gasteiger partial charge in [0.2, 0.25) is 0 Å². The van der Waals surface area contributed by atoms with Crippen LogP contribution in [0.4, 0.5) is 0 Å². The second kappa shape index (κ2) is 6.79. The van der Waals surface area contributed by atoms with Crippen molar-refractivity contribution in [2.24, 2.45) is 5.73 Å². The van der Waals surface area contributed by atoms with E-state index in [1.165, 1.54) is 0 Å². The van der Waals surface area contributed by atoms with Crippen molar-refractivity contribution in [1.82, 2.24) is 4.90 Å². The maximum Gasteiger partial charge on any atom is 0.263 e. The Morgan fingerprint density at radius 1 is 1.52 bits per heavy atom. The van der Waals surface area contributed by atoms with Crippen molar-refractivity contribution in [2.75, 3.05) is 6.54 Å². The molecule has 0 aromatic heterocycles. The number of amides is 1. The summed E-state index contributed by atoms with van der Waals surface area (Å²) in [6, 6.07) is 6.22. The molecule has 5 heteroatoms. The molecule has 1 aliphatic rings. The quantitative estimate of drug-likeness (QED) is 0.907. The standard InChI is InChI=1S/C16H23BrN2O2/c1-10-4-5-15(14(17)8-10)21-12(3)16(20)19-7-6-13(18)9-11(19)2/h4-5,8,11-13H,6-7,9,18H2,1-3H3/t11-,12-,13+/m1/s1. The smallest absolute Gasteiger partial charge is 0.263 e. The van der Waals surface area contributed by atoms with Crippen molar-refractivity contribution in [2.45, 2.75) is 51.8 Å². The van der Waals surface area contributed by atoms with Crippen molar-refractivity contribution in [3.8, 4) is 5.75 Å². The van der Waals surface area contributed by atoms with E-state index in [4.69, 9.17) is 10.5 Å². The molecule has 0 spiro atoms. The van der Waals surface area contributed by atoms with Gasteiger partial charge in [0, 0.05) is 18.6 Å². The molecule has 21 heavy (non-hydrogen) atoms. The second-order valence-corrected chi connectivity index (χ2v) is 6.71. The minimum absolute atomic E-state index is 0.0295. The summed E-state index contributed by atoms with van der Waals surface area (Å²) in [5.41, 5.74) is 7.09. The Morgan fingerprint density at radius 3 is 2.86 bits per heavy atom. The molecule has 1 saturated heterocycles. The van der Waals surface area contributed by atoms with Crippen molar-refractivity contribution in [1.29, 1.82) is 0 Å². The van der Waals surface area contributed by atoms with Crippen molar-refractivity contribution in [3.05, 3.63) is 28.2 Å². The molecule has 0 radical (unpaired) electrons. The summed E-state index contributed by atoms with van der Waals surface area (Å²) in [7, 11) is 0. The first kappa shape index (κ1) is 16.3. The molecular weight excluding hydrogens is 332 g/mol. The average Bonchev–Trinajstić information content (AvgIpc) is 2.41. The zero-order chi connectivity index (χ0) is 15.6. The lowest BCUT2D eigenvalue weighted by molar-refractivity contribution is -0.141. The number of benzene rings is 1. The van der Waals surface area contributed by atoms with Crippen LogP contribution < -0.4 is 10.5 Å². The molecule has 1 aromatic rings. The molecule has 0 bridgehead atoms. The third kappa shape index (κ3) is 3.98. The molecule has 1 heterocycles. The van der Waals surface area contributed by atoms with Crippen molar-refractivity contribution >= 4 is 21.8 Å². The summed E-state index contributed by atoms with van der Waals surface area (Å²) in [5, 5.41) is 0. The summed E-state index contributed by atoms with van der Waals surface area (Å²) in [4.78, 5) is 14.4. The lowest BCUT2D eigenvalue weighted by atomic mass is 9.98. The number of likely N-dealkylation sites (tertiary alicyclic amines) is 1. The van der Waals surface area contributed by atoms with Gasteiger partial charge in [-0.25, -0.2) is 0 Å². The fraction of sp³-hybridized carbons (Fsp3) is 0.562. The number of rotatable bonds is 3. The number of piperidine rings is 1. The van der Waals surface area contributed by atoms with Gasteiger partial charge in [-0.15, -0.1) is 0 Å². The number of ether oxygens (including phenoxy) is 1. The molecule has 3 atom stereocenters. The van der Waals surface area contributed by atoms with Gasteiger partial charge in [0.15, 0.2) is 6.10 Å². The van der Waals surface area contributed by atoms with Gasteiger partial charge in [-0.2, -0.15) is 0 Å². The third-order valence-corrected chi connectivity index (χ3v) is 4.56. The maximum atomic E-state index is 12.5. The molecule has 2 N–H and O–H groups in total. The van der Waals surface area contributed by atoms with Crippen LogP contribution >= 0.6 is 15.9 Å². The van der Waals surface area contributed by atoms with Crippen LogP contribution in [-0.4, -0.2) is 35.5 Å². The number of hydrogen-bond donors (Lipinski definition) is 1. The lowest BCUT2D eigenvalue weighted by Gasteiger charge is -2.37. The summed E-state index contributed by atoms with van der Waals surface area (Å²) in [6.07, 6.45) is 1.21. The first-order valence-corrected chi connectivity index (χ1v) is 8.16. The third-order valence-electron chi connectivity index (χ3n) is 3.94. The van der Waals surface area contributed by atoms with Crippen LogP contribution in [0, 0.1) is 6.92 Å². The summed E-state index contributed by atoms with van der Waals surface area (Å²) in [6.45, 7) is 6.58. The van der Waals surface area contributed by atoms with E-state index >= 15 is 0 Å². The molecule has 1 aliphatic heterocycles. The molecular formula is C16H23BrN2O2. The molecule has 1 aromatic carbocycles. The van der Waals surface area contributed by atoms with E-state index in [0.717, 1.165) is 22.9 Å². The van der Waals surface area contributed by atoms with Gasteiger partial charge in [-0.1, -0.05) is 6.07 Å². The Bertz CT molecular complexity index is 521. The predicted molar refractivity (Wildman–Crippen MR) is 87.4 cm³/mol. The van der Waals surface area contributed by atoms with Gasteiger partial charge in [0.1, 0.15) is 5.75 Å². The maximum absolute atomic E-state index is 12.5. The number of carbonyl (C=O) groups excluding carboxylic acids is 1. The topological polar surface area (TPSA) is 55.6 Å². The fourth-order valence-electron chi connectivity index (χ4n) is 2.71. The highest BCUT2D eigenvalue weighted by molar-refractivity contribution is 9.10. The molecule has 1 fully saturated rings. The van der Waals surface area contributed by atoms with Crippen LogP contribution in [0.15, 0.2) is 22.7 Å². The highest BCUT2D eigenvalue weighted by Gasteiger charge is 2.30. The number of nitrogens with two attached hydrogens (primary N) is 1. The van der Waals surface area contributed by atoms with Crippen LogP contribution in [0.3, 0.4) is 0 Å². The van der Waals surface area contributed by atoms with E-state index in [1.807, 2.05) is 36.9 Å². The molecule has 116 valence electrons. The Balaban J connectivity index is 2.02. The number of halogens is 1. The first-order chi connectivity index (χ1) is 9.88. The second-order valence-electron chi connectivity index (χ2n) is 5.86. The Kier molecular flexibility index (Phi) is 5.27. The van der Waals surface area contributed by atoms with Gasteiger partial charge >= 0.3 is 0 Å². The number of nitrogens with zero attached hydrogens (tertiary/aromatic N) is 1. The van der Waals surface area contributed by atoms with Crippen molar-refractivity contribution in [3.63, 3.8) is 0 Å². The molecule has 4 nitrogen and oxygen atoms in total. The minimum atomic E-state index is -0.499. The Hall–Kier alpha value is -1.07. The summed E-state index contributed by atoms with van der Waals surface area (Å²) in [5.74, 6) is 0.727. The van der Waals surface area contributed by atoms with E-state index in [2.05, 4.69) is 15.9 Å². The van der Waals surface area contributed by atoms with Crippen LogP contribution in [0.2, 0.25) is 0 Å². The normalized spacial score (nSPS) is 23.8. The van der Waals surface area contributed by atoms with E-state index in [9.17, 15) is 4.79 Å². The van der Waals surface area contributed by atoms with E-state index in [0.29, 0.717) is 12.3 Å². The monoisotopic (exact) mass is 354 g/mol. The van der Waals surface area contributed by atoms with Gasteiger partial charge in [-0.05, 0) is 67.2 Å². The van der Waals surface area contributed by atoms with Crippen LogP contribution in [0.1, 0.15) is 32.3 Å². The highest BCUT2D eigenvalue weighted by Crippen LogP contribution is 2.27. The zero-order valence-corrected chi connectivity index (χ0v) is 14.4. The number of hydrogen-bond acceptors (Lipinski definition) is 3. The van der Waals surface area contributed by atoms with E-state index in [-0.39, 0.29) is 18.0 Å². The van der Waals surface area contributed by atoms with Gasteiger partial charge in [0.25, 0.3) is 5.91 Å². The largest absolute Gasteiger partial charge is 0.480 e. The molecule has 2 rings (SSSR count). The Morgan fingerprint density at radius 2 is 2.24 bits per heavy atom. The van der Waals surface area contributed by atoms with E-state index in [1.54, 1.807) is 6.92 Å².